The Bertz CT molecular complexity index is 310. The maximum atomic E-state index is 6.13. The van der Waals surface area contributed by atoms with Crippen LogP contribution in [0.25, 0.3) is 0 Å². The van der Waals surface area contributed by atoms with Gasteiger partial charge in [-0.25, -0.2) is 0 Å². The summed E-state index contributed by atoms with van der Waals surface area (Å²) in [4.78, 5) is 0. The highest BCUT2D eigenvalue weighted by molar-refractivity contribution is 7.20. The third-order valence-corrected chi connectivity index (χ3v) is 3.96. The normalized spacial score (nSPS) is 13.5. The molecule has 1 aromatic rings. The van der Waals surface area contributed by atoms with Crippen molar-refractivity contribution in [3.63, 3.8) is 0 Å². The van der Waals surface area contributed by atoms with Crippen LogP contribution in [0.5, 0.6) is 0 Å². The minimum Gasteiger partial charge on any atom is -0.313 e. The Morgan fingerprint density at radius 3 is 2.40 bits per heavy atom. The molecule has 0 amide bonds. The number of rotatable bonds is 5. The van der Waals surface area contributed by atoms with Crippen molar-refractivity contribution in [3.8, 4) is 0 Å². The highest BCUT2D eigenvalue weighted by Crippen LogP contribution is 2.36. The van der Waals surface area contributed by atoms with Gasteiger partial charge in [0.1, 0.15) is 0 Å². The van der Waals surface area contributed by atoms with Crippen molar-refractivity contribution in [1.82, 2.24) is 5.32 Å². The van der Waals surface area contributed by atoms with Crippen LogP contribution in [0.15, 0.2) is 6.07 Å². The van der Waals surface area contributed by atoms with Gasteiger partial charge in [0.25, 0.3) is 0 Å². The predicted molar refractivity (Wildman–Crippen MR) is 70.2 cm³/mol. The van der Waals surface area contributed by atoms with Crippen molar-refractivity contribution in [2.24, 2.45) is 5.92 Å². The summed E-state index contributed by atoms with van der Waals surface area (Å²) < 4.78 is 1.57. The zero-order valence-electron chi connectivity index (χ0n) is 9.31. The van der Waals surface area contributed by atoms with Gasteiger partial charge in [-0.1, -0.05) is 37.0 Å². The van der Waals surface area contributed by atoms with E-state index in [1.54, 1.807) is 0 Å². The summed E-state index contributed by atoms with van der Waals surface area (Å²) in [6.07, 6.45) is 2.29. The molecule has 0 aliphatic heterocycles. The van der Waals surface area contributed by atoms with E-state index in [2.05, 4.69) is 19.2 Å². The second-order valence-corrected chi connectivity index (χ2v) is 6.38. The third-order valence-electron chi connectivity index (χ3n) is 2.44. The highest BCUT2D eigenvalue weighted by atomic mass is 35.5. The van der Waals surface area contributed by atoms with Crippen molar-refractivity contribution >= 4 is 34.5 Å². The fourth-order valence-corrected chi connectivity index (χ4v) is 3.13. The maximum absolute atomic E-state index is 6.13. The smallest absolute Gasteiger partial charge is 0.0991 e. The second kappa shape index (κ2) is 6.09. The molecule has 0 aromatic carbocycles. The Morgan fingerprint density at radius 1 is 1.33 bits per heavy atom. The van der Waals surface area contributed by atoms with Crippen molar-refractivity contribution < 1.29 is 0 Å². The van der Waals surface area contributed by atoms with Gasteiger partial charge in [0, 0.05) is 11.6 Å². The minimum absolute atomic E-state index is 0.323. The molecule has 1 heterocycles. The summed E-state index contributed by atoms with van der Waals surface area (Å²) in [6.45, 7) is 4.46. The molecule has 1 N–H and O–H groups in total. The predicted octanol–water partition coefficient (Wildman–Crippen LogP) is 4.75. The molecule has 0 fully saturated rings. The zero-order chi connectivity index (χ0) is 11.4. The molecule has 0 aliphatic rings. The van der Waals surface area contributed by atoms with Gasteiger partial charge in [0.2, 0.25) is 0 Å². The summed E-state index contributed by atoms with van der Waals surface area (Å²) in [7, 11) is 1.97. The summed E-state index contributed by atoms with van der Waals surface area (Å²) in [6, 6.07) is 2.29. The molecule has 0 saturated heterocycles. The number of nitrogens with one attached hydrogen (secondary N) is 1. The lowest BCUT2D eigenvalue weighted by atomic mass is 10.00. The summed E-state index contributed by atoms with van der Waals surface area (Å²) in [5, 5.41) is 3.29. The Balaban J connectivity index is 2.69. The van der Waals surface area contributed by atoms with E-state index in [9.17, 15) is 0 Å². The summed E-state index contributed by atoms with van der Waals surface area (Å²) in [5.41, 5.74) is 1.13. The van der Waals surface area contributed by atoms with Crippen molar-refractivity contribution in [2.45, 2.75) is 32.7 Å². The van der Waals surface area contributed by atoms with Crippen molar-refractivity contribution in [2.75, 3.05) is 7.05 Å². The number of halogens is 2. The van der Waals surface area contributed by atoms with Gasteiger partial charge >= 0.3 is 0 Å². The van der Waals surface area contributed by atoms with Crippen LogP contribution in [-0.4, -0.2) is 7.05 Å². The molecule has 1 rings (SSSR count). The fourth-order valence-electron chi connectivity index (χ4n) is 1.55. The first-order valence-corrected chi connectivity index (χ1v) is 6.73. The quantitative estimate of drug-likeness (QED) is 0.810. The lowest BCUT2D eigenvalue weighted by Gasteiger charge is -2.16. The molecule has 1 nitrogen and oxygen atoms in total. The van der Waals surface area contributed by atoms with Gasteiger partial charge < -0.3 is 5.32 Å². The molecule has 86 valence electrons. The summed E-state index contributed by atoms with van der Waals surface area (Å²) >= 11 is 13.5. The molecule has 1 unspecified atom stereocenters. The molecular weight excluding hydrogens is 249 g/mol. The van der Waals surface area contributed by atoms with Crippen LogP contribution >= 0.6 is 34.5 Å². The number of thiophene rings is 1. The first-order chi connectivity index (χ1) is 7.04. The first-order valence-electron chi connectivity index (χ1n) is 5.16. The molecule has 15 heavy (non-hydrogen) atoms. The molecule has 0 saturated carbocycles. The highest BCUT2D eigenvalue weighted by Gasteiger charge is 2.16. The van der Waals surface area contributed by atoms with Crippen LogP contribution in [0.2, 0.25) is 8.67 Å². The van der Waals surface area contributed by atoms with E-state index in [4.69, 9.17) is 23.2 Å². The molecular formula is C11H17Cl2NS. The Morgan fingerprint density at radius 2 is 2.00 bits per heavy atom. The average Bonchev–Trinajstić information content (AvgIpc) is 2.46. The van der Waals surface area contributed by atoms with Crippen LogP contribution in [0.3, 0.4) is 0 Å². The topological polar surface area (TPSA) is 12.0 Å². The monoisotopic (exact) mass is 265 g/mol. The van der Waals surface area contributed by atoms with Crippen LogP contribution in [0, 0.1) is 5.92 Å². The summed E-state index contributed by atoms with van der Waals surface area (Å²) in [5.74, 6) is 0.716. The van der Waals surface area contributed by atoms with Gasteiger partial charge in [0.15, 0.2) is 0 Å². The zero-order valence-corrected chi connectivity index (χ0v) is 11.6. The molecule has 1 atom stereocenters. The molecule has 1 aromatic heterocycles. The molecule has 0 bridgehead atoms. The maximum Gasteiger partial charge on any atom is 0.0991 e. The Hall–Kier alpha value is 0.240. The molecule has 0 spiro atoms. The van der Waals surface area contributed by atoms with Crippen LogP contribution in [0.1, 0.15) is 38.3 Å². The van der Waals surface area contributed by atoms with Gasteiger partial charge in [-0.15, -0.1) is 11.3 Å². The Kier molecular flexibility index (Phi) is 5.41. The van der Waals surface area contributed by atoms with Gasteiger partial charge in [-0.2, -0.15) is 0 Å². The van der Waals surface area contributed by atoms with Crippen LogP contribution in [-0.2, 0) is 0 Å². The number of hydrogen-bond donors (Lipinski definition) is 1. The van der Waals surface area contributed by atoms with Crippen LogP contribution in [0.4, 0.5) is 0 Å². The lowest BCUT2D eigenvalue weighted by Crippen LogP contribution is -2.16. The average molecular weight is 266 g/mol. The molecule has 0 aliphatic carbocycles. The second-order valence-electron chi connectivity index (χ2n) is 4.09. The lowest BCUT2D eigenvalue weighted by molar-refractivity contribution is 0.466. The molecule has 4 heteroatoms. The van der Waals surface area contributed by atoms with Crippen molar-refractivity contribution in [3.05, 3.63) is 20.3 Å². The van der Waals surface area contributed by atoms with E-state index in [-0.39, 0.29) is 0 Å². The first kappa shape index (κ1) is 13.3. The van der Waals surface area contributed by atoms with Crippen molar-refractivity contribution in [1.29, 1.82) is 0 Å². The van der Waals surface area contributed by atoms with E-state index in [1.807, 2.05) is 13.1 Å². The Labute approximate surface area is 106 Å². The third kappa shape index (κ3) is 3.95. The standard InChI is InChI=1S/C11H17Cl2NS/c1-7(2)4-5-9(14-3)8-6-10(12)15-11(8)13/h6-7,9,14H,4-5H2,1-3H3. The van der Waals surface area contributed by atoms with E-state index >= 15 is 0 Å². The molecule has 0 radical (unpaired) electrons. The van der Waals surface area contributed by atoms with E-state index < -0.39 is 0 Å². The van der Waals surface area contributed by atoms with Gasteiger partial charge in [0.05, 0.1) is 8.67 Å². The fraction of sp³-hybridized carbons (Fsp3) is 0.636. The van der Waals surface area contributed by atoms with Crippen LogP contribution < -0.4 is 5.32 Å². The SMILES string of the molecule is CNC(CCC(C)C)c1cc(Cl)sc1Cl. The number of hydrogen-bond acceptors (Lipinski definition) is 2. The van der Waals surface area contributed by atoms with E-state index in [0.717, 1.165) is 20.7 Å². The van der Waals surface area contributed by atoms with E-state index in [1.165, 1.54) is 17.8 Å². The largest absolute Gasteiger partial charge is 0.313 e. The minimum atomic E-state index is 0.323. The van der Waals surface area contributed by atoms with Gasteiger partial charge in [-0.3, -0.25) is 0 Å². The van der Waals surface area contributed by atoms with E-state index in [0.29, 0.717) is 12.0 Å². The van der Waals surface area contributed by atoms with Gasteiger partial charge in [-0.05, 0) is 31.9 Å².